The van der Waals surface area contributed by atoms with Crippen molar-refractivity contribution in [1.82, 2.24) is 10.6 Å². The van der Waals surface area contributed by atoms with Gasteiger partial charge in [-0.3, -0.25) is 9.59 Å². The Kier molecular flexibility index (Phi) is 10.7. The minimum absolute atomic E-state index is 0. The maximum Gasteiger partial charge on any atom is 0.239 e. The van der Waals surface area contributed by atoms with Crippen LogP contribution in [0.1, 0.15) is 19.4 Å². The molecule has 0 bridgehead atoms. The maximum atomic E-state index is 11.6. The highest BCUT2D eigenvalue weighted by Gasteiger charge is 2.17. The summed E-state index contributed by atoms with van der Waals surface area (Å²) in [6.45, 7) is 6.31. The Morgan fingerprint density at radius 3 is 2.35 bits per heavy atom. The standard InChI is InChI=1S/C16H25N3O2S.ClH/c1-11(2)15(17)16(21)19-10-14(20)18-8-9-22-13-6-4-12(3)5-7-13;/h4-7,11,15H,8-10,17H2,1-3H3,(H,18,20)(H,19,21);1H/t15-;/m0./s1. The third-order valence-corrected chi connectivity index (χ3v) is 4.17. The van der Waals surface area contributed by atoms with Gasteiger partial charge in [-0.1, -0.05) is 31.5 Å². The van der Waals surface area contributed by atoms with Gasteiger partial charge in [0.05, 0.1) is 12.6 Å². The summed E-state index contributed by atoms with van der Waals surface area (Å²) in [5.74, 6) is 0.343. The molecule has 23 heavy (non-hydrogen) atoms. The maximum absolute atomic E-state index is 11.6. The Balaban J connectivity index is 0.00000484. The quantitative estimate of drug-likeness (QED) is 0.487. The number of nitrogens with two attached hydrogens (primary N) is 1. The molecule has 1 aromatic rings. The van der Waals surface area contributed by atoms with Gasteiger partial charge < -0.3 is 16.4 Å². The van der Waals surface area contributed by atoms with Crippen LogP contribution in [0.4, 0.5) is 0 Å². The highest BCUT2D eigenvalue weighted by Crippen LogP contribution is 2.17. The van der Waals surface area contributed by atoms with Crippen LogP contribution >= 0.6 is 24.2 Å². The molecule has 1 atom stereocenters. The first kappa shape index (κ1) is 21.8. The number of carbonyl (C=O) groups excluding carboxylic acids is 2. The van der Waals surface area contributed by atoms with Gasteiger partial charge in [0.15, 0.2) is 0 Å². The third kappa shape index (κ3) is 8.83. The number of aryl methyl sites for hydroxylation is 1. The second-order valence-corrected chi connectivity index (χ2v) is 6.67. The molecular weight excluding hydrogens is 334 g/mol. The Morgan fingerprint density at radius 2 is 1.78 bits per heavy atom. The van der Waals surface area contributed by atoms with Crippen molar-refractivity contribution in [3.63, 3.8) is 0 Å². The molecule has 130 valence electrons. The molecule has 1 rings (SSSR count). The van der Waals surface area contributed by atoms with Crippen molar-refractivity contribution >= 4 is 36.0 Å². The van der Waals surface area contributed by atoms with Gasteiger partial charge in [0.25, 0.3) is 0 Å². The normalized spacial score (nSPS) is 11.5. The SMILES string of the molecule is Cc1ccc(SCCNC(=O)CNC(=O)[C@@H](N)C(C)C)cc1.Cl. The van der Waals surface area contributed by atoms with E-state index in [1.807, 2.05) is 20.8 Å². The van der Waals surface area contributed by atoms with E-state index in [2.05, 4.69) is 34.9 Å². The summed E-state index contributed by atoms with van der Waals surface area (Å²) in [4.78, 5) is 24.4. The summed E-state index contributed by atoms with van der Waals surface area (Å²) in [5.41, 5.74) is 6.93. The Labute approximate surface area is 148 Å². The number of hydrogen-bond donors (Lipinski definition) is 3. The molecule has 0 radical (unpaired) electrons. The fraction of sp³-hybridized carbons (Fsp3) is 0.500. The highest BCUT2D eigenvalue weighted by atomic mass is 35.5. The predicted molar refractivity (Wildman–Crippen MR) is 98.0 cm³/mol. The molecule has 0 aromatic heterocycles. The second-order valence-electron chi connectivity index (χ2n) is 5.50. The van der Waals surface area contributed by atoms with Crippen LogP contribution in [0.5, 0.6) is 0 Å². The molecular formula is C16H26ClN3O2S. The van der Waals surface area contributed by atoms with Crippen molar-refractivity contribution in [2.45, 2.75) is 31.7 Å². The van der Waals surface area contributed by atoms with Gasteiger partial charge in [0, 0.05) is 17.2 Å². The summed E-state index contributed by atoms with van der Waals surface area (Å²) in [7, 11) is 0. The van der Waals surface area contributed by atoms with E-state index < -0.39 is 6.04 Å². The summed E-state index contributed by atoms with van der Waals surface area (Å²) in [6, 6.07) is 7.68. The Hall–Kier alpha value is -1.24. The molecule has 0 saturated carbocycles. The second kappa shape index (κ2) is 11.3. The average molecular weight is 360 g/mol. The molecule has 2 amide bonds. The number of amides is 2. The predicted octanol–water partition coefficient (Wildman–Crippen LogP) is 1.72. The summed E-state index contributed by atoms with van der Waals surface area (Å²) in [6.07, 6.45) is 0. The van der Waals surface area contributed by atoms with Gasteiger partial charge in [-0.25, -0.2) is 0 Å². The van der Waals surface area contributed by atoms with E-state index in [0.717, 1.165) is 5.75 Å². The number of nitrogens with one attached hydrogen (secondary N) is 2. The summed E-state index contributed by atoms with van der Waals surface area (Å²) < 4.78 is 0. The van der Waals surface area contributed by atoms with Gasteiger partial charge in [0.2, 0.25) is 11.8 Å². The van der Waals surface area contributed by atoms with Crippen LogP contribution in [0, 0.1) is 12.8 Å². The van der Waals surface area contributed by atoms with E-state index in [0.29, 0.717) is 6.54 Å². The lowest BCUT2D eigenvalue weighted by Gasteiger charge is -2.15. The van der Waals surface area contributed by atoms with Crippen molar-refractivity contribution in [3.8, 4) is 0 Å². The molecule has 0 heterocycles. The molecule has 0 saturated heterocycles. The smallest absolute Gasteiger partial charge is 0.239 e. The van der Waals surface area contributed by atoms with Gasteiger partial charge in [0.1, 0.15) is 0 Å². The van der Waals surface area contributed by atoms with E-state index in [1.54, 1.807) is 11.8 Å². The number of hydrogen-bond acceptors (Lipinski definition) is 4. The topological polar surface area (TPSA) is 84.2 Å². The van der Waals surface area contributed by atoms with Crippen molar-refractivity contribution in [2.24, 2.45) is 11.7 Å². The zero-order chi connectivity index (χ0) is 16.5. The van der Waals surface area contributed by atoms with Gasteiger partial charge >= 0.3 is 0 Å². The average Bonchev–Trinajstić information content (AvgIpc) is 2.50. The van der Waals surface area contributed by atoms with E-state index in [4.69, 9.17) is 5.73 Å². The number of halogens is 1. The molecule has 1 aromatic carbocycles. The first-order valence-electron chi connectivity index (χ1n) is 7.39. The highest BCUT2D eigenvalue weighted by molar-refractivity contribution is 7.99. The van der Waals surface area contributed by atoms with E-state index in [-0.39, 0.29) is 36.7 Å². The zero-order valence-electron chi connectivity index (χ0n) is 13.8. The lowest BCUT2D eigenvalue weighted by atomic mass is 10.1. The van der Waals surface area contributed by atoms with Crippen molar-refractivity contribution in [3.05, 3.63) is 29.8 Å². The van der Waals surface area contributed by atoms with Crippen LogP contribution in [0.25, 0.3) is 0 Å². The monoisotopic (exact) mass is 359 g/mol. The first-order valence-corrected chi connectivity index (χ1v) is 8.38. The van der Waals surface area contributed by atoms with Crippen LogP contribution in [0.15, 0.2) is 29.2 Å². The number of benzene rings is 1. The van der Waals surface area contributed by atoms with Crippen molar-refractivity contribution in [2.75, 3.05) is 18.8 Å². The molecule has 0 unspecified atom stereocenters. The molecule has 5 nitrogen and oxygen atoms in total. The van der Waals surface area contributed by atoms with Crippen LogP contribution in [-0.2, 0) is 9.59 Å². The van der Waals surface area contributed by atoms with E-state index in [1.165, 1.54) is 10.5 Å². The number of rotatable bonds is 8. The fourth-order valence-corrected chi connectivity index (χ4v) is 2.41. The van der Waals surface area contributed by atoms with E-state index in [9.17, 15) is 9.59 Å². The van der Waals surface area contributed by atoms with Crippen LogP contribution in [0.2, 0.25) is 0 Å². The molecule has 0 aliphatic rings. The van der Waals surface area contributed by atoms with Gasteiger partial charge in [-0.05, 0) is 25.0 Å². The minimum Gasteiger partial charge on any atom is -0.354 e. The Morgan fingerprint density at radius 1 is 1.17 bits per heavy atom. The van der Waals surface area contributed by atoms with Crippen LogP contribution < -0.4 is 16.4 Å². The molecule has 0 fully saturated rings. The first-order chi connectivity index (χ1) is 10.4. The Bertz CT molecular complexity index is 495. The zero-order valence-corrected chi connectivity index (χ0v) is 15.4. The van der Waals surface area contributed by atoms with Crippen molar-refractivity contribution < 1.29 is 9.59 Å². The van der Waals surface area contributed by atoms with Gasteiger partial charge in [-0.15, -0.1) is 24.2 Å². The van der Waals surface area contributed by atoms with E-state index >= 15 is 0 Å². The molecule has 0 aliphatic carbocycles. The fourth-order valence-electron chi connectivity index (χ4n) is 1.64. The third-order valence-electron chi connectivity index (χ3n) is 3.16. The number of carbonyl (C=O) groups is 2. The van der Waals surface area contributed by atoms with Crippen molar-refractivity contribution in [1.29, 1.82) is 0 Å². The molecule has 7 heteroatoms. The molecule has 0 aliphatic heterocycles. The lowest BCUT2D eigenvalue weighted by Crippen LogP contribution is -2.47. The van der Waals surface area contributed by atoms with Crippen LogP contribution in [0.3, 0.4) is 0 Å². The molecule has 0 spiro atoms. The van der Waals surface area contributed by atoms with Gasteiger partial charge in [-0.2, -0.15) is 0 Å². The number of thioether (sulfide) groups is 1. The molecule has 4 N–H and O–H groups in total. The summed E-state index contributed by atoms with van der Waals surface area (Å²) in [5, 5.41) is 5.32. The summed E-state index contributed by atoms with van der Waals surface area (Å²) >= 11 is 1.68. The minimum atomic E-state index is -0.579. The largest absolute Gasteiger partial charge is 0.354 e. The van der Waals surface area contributed by atoms with Crippen LogP contribution in [-0.4, -0.2) is 36.7 Å². The lowest BCUT2D eigenvalue weighted by molar-refractivity contribution is -0.127.